The predicted molar refractivity (Wildman–Crippen MR) is 75.5 cm³/mol. The van der Waals surface area contributed by atoms with Gasteiger partial charge in [0, 0.05) is 4.47 Å². The number of carbonyl (C=O) groups excluding carboxylic acids is 1. The van der Waals surface area contributed by atoms with E-state index in [2.05, 4.69) is 21.2 Å². The molecule has 0 aliphatic carbocycles. The van der Waals surface area contributed by atoms with Crippen LogP contribution in [0.4, 0.5) is 10.1 Å². The van der Waals surface area contributed by atoms with Crippen molar-refractivity contribution in [1.82, 2.24) is 0 Å². The van der Waals surface area contributed by atoms with Crippen molar-refractivity contribution in [2.24, 2.45) is 0 Å². The lowest BCUT2D eigenvalue weighted by Gasteiger charge is -2.09. The number of carboxylic acids is 1. The largest absolute Gasteiger partial charge is 0.478 e. The van der Waals surface area contributed by atoms with Crippen LogP contribution in [0, 0.1) is 5.82 Å². The summed E-state index contributed by atoms with van der Waals surface area (Å²) in [6.45, 7) is 0. The second kappa shape index (κ2) is 5.83. The summed E-state index contributed by atoms with van der Waals surface area (Å²) in [5, 5.41) is 11.5. The van der Waals surface area contributed by atoms with Crippen LogP contribution in [-0.2, 0) is 0 Å². The summed E-state index contributed by atoms with van der Waals surface area (Å²) in [5.74, 6) is -2.14. The second-order valence-corrected chi connectivity index (χ2v) is 4.78. The first kappa shape index (κ1) is 14.2. The monoisotopic (exact) mass is 337 g/mol. The van der Waals surface area contributed by atoms with E-state index in [-0.39, 0.29) is 16.8 Å². The fourth-order valence-electron chi connectivity index (χ4n) is 1.64. The Bertz CT molecular complexity index is 688. The van der Waals surface area contributed by atoms with E-state index in [1.165, 1.54) is 18.2 Å². The van der Waals surface area contributed by atoms with Gasteiger partial charge in [-0.3, -0.25) is 4.79 Å². The molecule has 2 rings (SSSR count). The van der Waals surface area contributed by atoms with Crippen LogP contribution in [0.15, 0.2) is 46.9 Å². The highest BCUT2D eigenvalue weighted by atomic mass is 79.9. The normalized spacial score (nSPS) is 10.1. The van der Waals surface area contributed by atoms with Crippen LogP contribution in [-0.4, -0.2) is 17.0 Å². The first-order chi connectivity index (χ1) is 9.49. The Balaban J connectivity index is 2.30. The number of nitrogens with one attached hydrogen (secondary N) is 1. The van der Waals surface area contributed by atoms with E-state index in [4.69, 9.17) is 5.11 Å². The molecule has 1 amide bonds. The number of anilines is 1. The fraction of sp³-hybridized carbons (Fsp3) is 0. The number of para-hydroxylation sites is 1. The Morgan fingerprint density at radius 3 is 2.45 bits per heavy atom. The topological polar surface area (TPSA) is 66.4 Å². The Kier molecular flexibility index (Phi) is 4.14. The van der Waals surface area contributed by atoms with E-state index in [9.17, 15) is 14.0 Å². The summed E-state index contributed by atoms with van der Waals surface area (Å²) in [4.78, 5) is 23.1. The lowest BCUT2D eigenvalue weighted by Crippen LogP contribution is -2.15. The minimum atomic E-state index is -1.14. The van der Waals surface area contributed by atoms with Gasteiger partial charge >= 0.3 is 5.97 Å². The Labute approximate surface area is 122 Å². The number of hydrogen-bond donors (Lipinski definition) is 2. The van der Waals surface area contributed by atoms with Crippen molar-refractivity contribution in [2.75, 3.05) is 5.32 Å². The van der Waals surface area contributed by atoms with Crippen molar-refractivity contribution in [3.05, 3.63) is 63.9 Å². The zero-order chi connectivity index (χ0) is 14.7. The zero-order valence-corrected chi connectivity index (χ0v) is 11.6. The summed E-state index contributed by atoms with van der Waals surface area (Å²) in [6, 6.07) is 9.68. The van der Waals surface area contributed by atoms with Crippen molar-refractivity contribution >= 4 is 33.5 Å². The highest BCUT2D eigenvalue weighted by Gasteiger charge is 2.15. The summed E-state index contributed by atoms with van der Waals surface area (Å²) < 4.78 is 13.3. The van der Waals surface area contributed by atoms with Gasteiger partial charge in [-0.05, 0) is 46.3 Å². The minimum Gasteiger partial charge on any atom is -0.478 e. The number of rotatable bonds is 3. The third-order valence-electron chi connectivity index (χ3n) is 2.58. The third-order valence-corrected chi connectivity index (χ3v) is 3.24. The second-order valence-electron chi connectivity index (χ2n) is 3.93. The van der Waals surface area contributed by atoms with Gasteiger partial charge in [0.15, 0.2) is 0 Å². The molecule has 0 fully saturated rings. The van der Waals surface area contributed by atoms with Gasteiger partial charge in [-0.25, -0.2) is 9.18 Å². The van der Waals surface area contributed by atoms with Crippen LogP contribution in [0.2, 0.25) is 0 Å². The average molecular weight is 338 g/mol. The maximum Gasteiger partial charge on any atom is 0.337 e. The molecule has 20 heavy (non-hydrogen) atoms. The summed E-state index contributed by atoms with van der Waals surface area (Å²) >= 11 is 3.09. The van der Waals surface area contributed by atoms with Gasteiger partial charge in [0.05, 0.1) is 16.8 Å². The number of aromatic carboxylic acids is 1. The van der Waals surface area contributed by atoms with Gasteiger partial charge in [-0.2, -0.15) is 0 Å². The number of amides is 1. The molecule has 0 aliphatic heterocycles. The first-order valence-electron chi connectivity index (χ1n) is 5.58. The van der Waals surface area contributed by atoms with E-state index >= 15 is 0 Å². The molecule has 2 aromatic rings. The van der Waals surface area contributed by atoms with Crippen molar-refractivity contribution in [3.8, 4) is 0 Å². The molecule has 102 valence electrons. The van der Waals surface area contributed by atoms with Gasteiger partial charge in [-0.1, -0.05) is 12.1 Å². The van der Waals surface area contributed by atoms with Gasteiger partial charge in [0.25, 0.3) is 5.91 Å². The zero-order valence-electron chi connectivity index (χ0n) is 10.1. The van der Waals surface area contributed by atoms with Gasteiger partial charge in [0.1, 0.15) is 5.82 Å². The molecule has 0 heterocycles. The molecule has 2 aromatic carbocycles. The number of hydrogen-bond acceptors (Lipinski definition) is 2. The Hall–Kier alpha value is -2.21. The number of carboxylic acid groups (broad SMARTS) is 1. The molecule has 0 aromatic heterocycles. The van der Waals surface area contributed by atoms with Crippen LogP contribution in [0.1, 0.15) is 20.7 Å². The number of halogens is 2. The van der Waals surface area contributed by atoms with Crippen LogP contribution in [0.3, 0.4) is 0 Å². The minimum absolute atomic E-state index is 0.0147. The van der Waals surface area contributed by atoms with E-state index in [1.807, 2.05) is 0 Å². The first-order valence-corrected chi connectivity index (χ1v) is 6.37. The summed E-state index contributed by atoms with van der Waals surface area (Å²) in [6.07, 6.45) is 0. The van der Waals surface area contributed by atoms with Crippen molar-refractivity contribution < 1.29 is 19.1 Å². The third kappa shape index (κ3) is 3.03. The standard InChI is InChI=1S/C14H9BrFNO3/c15-11-7-8(16)5-6-9(11)13(18)17-12-4-2-1-3-10(12)14(19)20/h1-7H,(H,17,18)(H,19,20). The number of benzene rings is 2. The molecule has 0 saturated carbocycles. The Morgan fingerprint density at radius 2 is 1.80 bits per heavy atom. The van der Waals surface area contributed by atoms with Crippen LogP contribution >= 0.6 is 15.9 Å². The van der Waals surface area contributed by atoms with Crippen molar-refractivity contribution in [2.45, 2.75) is 0 Å². The molecular formula is C14H9BrFNO3. The molecule has 6 heteroatoms. The highest BCUT2D eigenvalue weighted by molar-refractivity contribution is 9.10. The SMILES string of the molecule is O=C(Nc1ccccc1C(=O)O)c1ccc(F)cc1Br. The molecule has 0 bridgehead atoms. The smallest absolute Gasteiger partial charge is 0.337 e. The molecular weight excluding hydrogens is 329 g/mol. The Morgan fingerprint density at radius 1 is 1.10 bits per heavy atom. The van der Waals surface area contributed by atoms with Crippen LogP contribution in [0.5, 0.6) is 0 Å². The molecule has 0 atom stereocenters. The molecule has 4 nitrogen and oxygen atoms in total. The predicted octanol–water partition coefficient (Wildman–Crippen LogP) is 3.54. The summed E-state index contributed by atoms with van der Waals surface area (Å²) in [5.41, 5.74) is 0.381. The molecule has 0 aliphatic rings. The quantitative estimate of drug-likeness (QED) is 0.900. The molecule has 0 radical (unpaired) electrons. The van der Waals surface area contributed by atoms with Gasteiger partial charge in [0.2, 0.25) is 0 Å². The average Bonchev–Trinajstić information content (AvgIpc) is 2.38. The van der Waals surface area contributed by atoms with Gasteiger partial charge < -0.3 is 10.4 Å². The fourth-order valence-corrected chi connectivity index (χ4v) is 2.17. The van der Waals surface area contributed by atoms with E-state index in [1.54, 1.807) is 12.1 Å². The van der Waals surface area contributed by atoms with E-state index in [0.717, 1.165) is 12.1 Å². The van der Waals surface area contributed by atoms with Gasteiger partial charge in [-0.15, -0.1) is 0 Å². The van der Waals surface area contributed by atoms with Crippen molar-refractivity contribution in [1.29, 1.82) is 0 Å². The maximum atomic E-state index is 13.0. The van der Waals surface area contributed by atoms with E-state index < -0.39 is 17.7 Å². The molecule has 0 unspecified atom stereocenters. The van der Waals surface area contributed by atoms with Crippen molar-refractivity contribution in [3.63, 3.8) is 0 Å². The van der Waals surface area contributed by atoms with Crippen LogP contribution in [0.25, 0.3) is 0 Å². The maximum absolute atomic E-state index is 13.0. The molecule has 2 N–H and O–H groups in total. The lowest BCUT2D eigenvalue weighted by molar-refractivity contribution is 0.0698. The summed E-state index contributed by atoms with van der Waals surface area (Å²) in [7, 11) is 0. The molecule has 0 saturated heterocycles. The van der Waals surface area contributed by atoms with Crippen LogP contribution < -0.4 is 5.32 Å². The van der Waals surface area contributed by atoms with E-state index in [0.29, 0.717) is 4.47 Å². The molecule has 0 spiro atoms. The highest BCUT2D eigenvalue weighted by Crippen LogP contribution is 2.21. The lowest BCUT2D eigenvalue weighted by atomic mass is 10.1. The number of carbonyl (C=O) groups is 2.